The third kappa shape index (κ3) is 4.66. The van der Waals surface area contributed by atoms with Crippen molar-refractivity contribution in [1.29, 1.82) is 10.5 Å². The van der Waals surface area contributed by atoms with Gasteiger partial charge in [-0.25, -0.2) is 13.2 Å². The van der Waals surface area contributed by atoms with Gasteiger partial charge >= 0.3 is 0 Å². The fourth-order valence-electron chi connectivity index (χ4n) is 2.54. The summed E-state index contributed by atoms with van der Waals surface area (Å²) in [5.41, 5.74) is 0.621. The van der Waals surface area contributed by atoms with E-state index in [0.29, 0.717) is 0 Å². The highest BCUT2D eigenvalue weighted by Crippen LogP contribution is 2.23. The number of nitriles is 2. The Bertz CT molecular complexity index is 1050. The average molecular weight is 394 g/mol. The zero-order valence-corrected chi connectivity index (χ0v) is 15.0. The molecule has 0 unspecified atom stereocenters. The van der Waals surface area contributed by atoms with Crippen LogP contribution in [0.3, 0.4) is 0 Å². The smallest absolute Gasteiger partial charge is 0.166 e. The van der Waals surface area contributed by atoms with Gasteiger partial charge in [0.05, 0.1) is 23.3 Å². The molecule has 3 aromatic rings. The third-order valence-corrected chi connectivity index (χ3v) is 4.05. The van der Waals surface area contributed by atoms with Crippen molar-refractivity contribution in [3.63, 3.8) is 0 Å². The summed E-state index contributed by atoms with van der Waals surface area (Å²) in [6.07, 6.45) is 0. The number of rotatable bonds is 6. The number of halogens is 3. The van der Waals surface area contributed by atoms with Crippen LogP contribution < -0.4 is 9.47 Å². The molecule has 0 heterocycles. The summed E-state index contributed by atoms with van der Waals surface area (Å²) >= 11 is 0. The molecule has 3 aromatic carbocycles. The van der Waals surface area contributed by atoms with E-state index in [9.17, 15) is 13.2 Å². The zero-order valence-electron chi connectivity index (χ0n) is 15.0. The van der Waals surface area contributed by atoms with Crippen LogP contribution in [0.4, 0.5) is 13.2 Å². The minimum atomic E-state index is -0.722. The number of benzene rings is 3. The first-order chi connectivity index (χ1) is 14.0. The molecule has 0 spiro atoms. The highest BCUT2D eigenvalue weighted by atomic mass is 19.1. The van der Waals surface area contributed by atoms with E-state index in [4.69, 9.17) is 20.0 Å². The van der Waals surface area contributed by atoms with Crippen LogP contribution in [-0.4, -0.2) is 0 Å². The topological polar surface area (TPSA) is 66.0 Å². The lowest BCUT2D eigenvalue weighted by molar-refractivity contribution is 0.274. The van der Waals surface area contributed by atoms with Gasteiger partial charge in [0.25, 0.3) is 0 Å². The highest BCUT2D eigenvalue weighted by molar-refractivity contribution is 5.37. The molecular weight excluding hydrogens is 381 g/mol. The quantitative estimate of drug-likeness (QED) is 0.590. The van der Waals surface area contributed by atoms with Crippen molar-refractivity contribution in [1.82, 2.24) is 0 Å². The van der Waals surface area contributed by atoms with Crippen LogP contribution in [-0.2, 0) is 13.2 Å². The SMILES string of the molecule is N#Cc1ccc(OCc2cccc(COc3ccc(C#N)cc3F)c2F)c(F)c1. The van der Waals surface area contributed by atoms with Gasteiger partial charge in [0.15, 0.2) is 23.1 Å². The van der Waals surface area contributed by atoms with E-state index in [1.807, 2.05) is 12.1 Å². The summed E-state index contributed by atoms with van der Waals surface area (Å²) in [4.78, 5) is 0. The molecule has 3 rings (SSSR count). The second-order valence-corrected chi connectivity index (χ2v) is 5.98. The van der Waals surface area contributed by atoms with Crippen LogP contribution in [0.25, 0.3) is 0 Å². The van der Waals surface area contributed by atoms with Crippen LogP contribution in [0.1, 0.15) is 22.3 Å². The fourth-order valence-corrected chi connectivity index (χ4v) is 2.54. The largest absolute Gasteiger partial charge is 0.486 e. The Morgan fingerprint density at radius 1 is 0.690 bits per heavy atom. The molecular formula is C22H13F3N2O2. The maximum absolute atomic E-state index is 14.7. The van der Waals surface area contributed by atoms with Gasteiger partial charge in [-0.1, -0.05) is 18.2 Å². The van der Waals surface area contributed by atoms with Gasteiger partial charge in [-0.2, -0.15) is 10.5 Å². The molecule has 4 nitrogen and oxygen atoms in total. The first kappa shape index (κ1) is 19.8. The molecule has 0 aliphatic rings. The lowest BCUT2D eigenvalue weighted by Gasteiger charge is -2.12. The molecule has 0 amide bonds. The summed E-state index contributed by atoms with van der Waals surface area (Å²) < 4.78 is 53.1. The van der Waals surface area contributed by atoms with E-state index in [0.717, 1.165) is 12.1 Å². The van der Waals surface area contributed by atoms with Gasteiger partial charge in [-0.3, -0.25) is 0 Å². The highest BCUT2D eigenvalue weighted by Gasteiger charge is 2.12. The van der Waals surface area contributed by atoms with Crippen LogP contribution in [0.2, 0.25) is 0 Å². The van der Waals surface area contributed by atoms with Gasteiger partial charge in [0.1, 0.15) is 19.0 Å². The van der Waals surface area contributed by atoms with Crippen molar-refractivity contribution < 1.29 is 22.6 Å². The lowest BCUT2D eigenvalue weighted by atomic mass is 10.1. The minimum Gasteiger partial charge on any atom is -0.486 e. The second kappa shape index (κ2) is 8.81. The van der Waals surface area contributed by atoms with Gasteiger partial charge in [-0.05, 0) is 36.4 Å². The standard InChI is InChI=1S/C22H13F3N2O2/c23-18-8-14(10-26)4-6-20(18)28-12-16-2-1-3-17(22(16)25)13-29-21-7-5-15(11-27)9-19(21)24/h1-9H,12-13H2. The van der Waals surface area contributed by atoms with Gasteiger partial charge in [-0.15, -0.1) is 0 Å². The summed E-state index contributed by atoms with van der Waals surface area (Å²) in [7, 11) is 0. The Morgan fingerprint density at radius 3 is 1.52 bits per heavy atom. The van der Waals surface area contributed by atoms with Gasteiger partial charge < -0.3 is 9.47 Å². The number of ether oxygens (including phenoxy) is 2. The van der Waals surface area contributed by atoms with E-state index in [-0.39, 0.29) is 47.0 Å². The first-order valence-electron chi connectivity index (χ1n) is 8.43. The monoisotopic (exact) mass is 394 g/mol. The lowest BCUT2D eigenvalue weighted by Crippen LogP contribution is -2.05. The van der Waals surface area contributed by atoms with Crippen molar-refractivity contribution in [2.24, 2.45) is 0 Å². The maximum Gasteiger partial charge on any atom is 0.166 e. The van der Waals surface area contributed by atoms with Crippen molar-refractivity contribution in [2.75, 3.05) is 0 Å². The number of nitrogens with zero attached hydrogens (tertiary/aromatic N) is 2. The Hall–Kier alpha value is -3.97. The Morgan fingerprint density at radius 2 is 1.14 bits per heavy atom. The minimum absolute atomic E-state index is 0.107. The Labute approximate surface area is 165 Å². The van der Waals surface area contributed by atoms with Gasteiger partial charge in [0.2, 0.25) is 0 Å². The molecule has 0 atom stereocenters. The van der Waals surface area contributed by atoms with Crippen LogP contribution >= 0.6 is 0 Å². The van der Waals surface area contributed by atoms with Crippen LogP contribution in [0.5, 0.6) is 11.5 Å². The zero-order chi connectivity index (χ0) is 20.8. The van der Waals surface area contributed by atoms with E-state index in [1.165, 1.54) is 36.4 Å². The third-order valence-electron chi connectivity index (χ3n) is 4.05. The molecule has 0 radical (unpaired) electrons. The molecule has 0 aliphatic carbocycles. The fraction of sp³-hybridized carbons (Fsp3) is 0.0909. The van der Waals surface area contributed by atoms with Crippen molar-refractivity contribution in [2.45, 2.75) is 13.2 Å². The van der Waals surface area contributed by atoms with E-state index >= 15 is 0 Å². The molecule has 0 N–H and O–H groups in total. The predicted octanol–water partition coefficient (Wildman–Crippen LogP) is 5.01. The molecule has 0 saturated carbocycles. The van der Waals surface area contributed by atoms with E-state index in [1.54, 1.807) is 6.07 Å². The van der Waals surface area contributed by atoms with E-state index < -0.39 is 17.5 Å². The molecule has 0 bridgehead atoms. The van der Waals surface area contributed by atoms with Crippen molar-refractivity contribution >= 4 is 0 Å². The summed E-state index contributed by atoms with van der Waals surface area (Å²) in [5.74, 6) is -2.27. The van der Waals surface area contributed by atoms with Gasteiger partial charge in [0, 0.05) is 11.1 Å². The van der Waals surface area contributed by atoms with Crippen molar-refractivity contribution in [3.8, 4) is 23.6 Å². The van der Waals surface area contributed by atoms with Crippen LogP contribution in [0.15, 0.2) is 54.6 Å². The summed E-state index contributed by atoms with van der Waals surface area (Å²) in [6.45, 7) is -0.485. The summed E-state index contributed by atoms with van der Waals surface area (Å²) in [5, 5.41) is 17.5. The normalized spacial score (nSPS) is 10.1. The van der Waals surface area contributed by atoms with E-state index in [2.05, 4.69) is 0 Å². The molecule has 0 aliphatic heterocycles. The molecule has 0 saturated heterocycles. The predicted molar refractivity (Wildman–Crippen MR) is 97.3 cm³/mol. The Balaban J connectivity index is 1.70. The van der Waals surface area contributed by atoms with Crippen LogP contribution in [0, 0.1) is 40.1 Å². The maximum atomic E-state index is 14.7. The molecule has 29 heavy (non-hydrogen) atoms. The molecule has 144 valence electrons. The molecule has 7 heteroatoms. The average Bonchev–Trinajstić information content (AvgIpc) is 2.73. The Kier molecular flexibility index (Phi) is 6.01. The number of hydrogen-bond acceptors (Lipinski definition) is 4. The summed E-state index contributed by atoms with van der Waals surface area (Å²) in [6, 6.07) is 15.6. The van der Waals surface area contributed by atoms with Crippen molar-refractivity contribution in [3.05, 3.63) is 94.3 Å². The second-order valence-electron chi connectivity index (χ2n) is 5.98. The molecule has 0 fully saturated rings. The number of hydrogen-bond donors (Lipinski definition) is 0. The first-order valence-corrected chi connectivity index (χ1v) is 8.43. The molecule has 0 aromatic heterocycles.